The van der Waals surface area contributed by atoms with Crippen LogP contribution in [-0.4, -0.2) is 30.4 Å². The Kier molecular flexibility index (Phi) is 7.92. The summed E-state index contributed by atoms with van der Waals surface area (Å²) in [6.45, 7) is 12.7. The number of ketones is 1. The maximum Gasteiger partial charge on any atom is 0.333 e. The molecule has 0 bridgehead atoms. The van der Waals surface area contributed by atoms with Gasteiger partial charge in [0.2, 0.25) is 0 Å². The normalized spacial score (nSPS) is 12.4. The van der Waals surface area contributed by atoms with E-state index in [1.54, 1.807) is 6.92 Å². The maximum atomic E-state index is 11.6. The zero-order chi connectivity index (χ0) is 16.6. The topological polar surface area (TPSA) is 69.7 Å². The Morgan fingerprint density at radius 2 is 1.71 bits per heavy atom. The number of ether oxygens (including phenoxy) is 2. The number of carbonyl (C=O) groups excluding carboxylic acids is 3. The second-order valence-electron chi connectivity index (χ2n) is 6.46. The van der Waals surface area contributed by atoms with Crippen molar-refractivity contribution in [1.82, 2.24) is 0 Å². The molecule has 21 heavy (non-hydrogen) atoms. The lowest BCUT2D eigenvalue weighted by atomic mass is 9.88. The highest BCUT2D eigenvalue weighted by Gasteiger charge is 2.23. The molecule has 0 aliphatic heterocycles. The predicted octanol–water partition coefficient (Wildman–Crippen LogP) is 2.82. The number of esters is 2. The fourth-order valence-corrected chi connectivity index (χ4v) is 1.70. The van der Waals surface area contributed by atoms with Crippen LogP contribution in [0.15, 0.2) is 12.2 Å². The van der Waals surface area contributed by atoms with Gasteiger partial charge in [0.25, 0.3) is 0 Å². The molecule has 0 amide bonds. The van der Waals surface area contributed by atoms with Crippen molar-refractivity contribution in [3.8, 4) is 0 Å². The zero-order valence-corrected chi connectivity index (χ0v) is 13.7. The summed E-state index contributed by atoms with van der Waals surface area (Å²) in [4.78, 5) is 33.7. The smallest absolute Gasteiger partial charge is 0.333 e. The molecule has 120 valence electrons. The zero-order valence-electron chi connectivity index (χ0n) is 13.7. The summed E-state index contributed by atoms with van der Waals surface area (Å²) in [7, 11) is 0. The minimum atomic E-state index is -0.553. The lowest BCUT2D eigenvalue weighted by Gasteiger charge is -2.26. The van der Waals surface area contributed by atoms with E-state index in [1.807, 2.05) is 20.8 Å². The Labute approximate surface area is 126 Å². The van der Waals surface area contributed by atoms with E-state index >= 15 is 0 Å². The highest BCUT2D eigenvalue weighted by molar-refractivity contribution is 5.94. The lowest BCUT2D eigenvalue weighted by Crippen LogP contribution is -2.26. The quantitative estimate of drug-likeness (QED) is 0.391. The van der Waals surface area contributed by atoms with Gasteiger partial charge >= 0.3 is 11.9 Å². The van der Waals surface area contributed by atoms with E-state index in [2.05, 4.69) is 6.58 Å². The van der Waals surface area contributed by atoms with E-state index in [0.717, 1.165) is 0 Å². The van der Waals surface area contributed by atoms with Crippen molar-refractivity contribution >= 4 is 17.7 Å². The van der Waals surface area contributed by atoms with Crippen LogP contribution in [-0.2, 0) is 23.9 Å². The molecule has 0 radical (unpaired) electrons. The molecule has 5 heteroatoms. The summed E-state index contributed by atoms with van der Waals surface area (Å²) in [6.07, 6.45) is 0.477. The second-order valence-corrected chi connectivity index (χ2v) is 6.46. The Balaban J connectivity index is 4.41. The molecule has 0 aliphatic rings. The fourth-order valence-electron chi connectivity index (χ4n) is 1.70. The van der Waals surface area contributed by atoms with Crippen LogP contribution < -0.4 is 0 Å². The number of hydrogen-bond acceptors (Lipinski definition) is 5. The molecule has 0 aromatic rings. The third kappa shape index (κ3) is 10.8. The molecule has 0 N–H and O–H groups in total. The van der Waals surface area contributed by atoms with E-state index in [-0.39, 0.29) is 30.3 Å². The molecule has 0 spiro atoms. The SMILES string of the molecule is C=C(C)C(=O)OC(CCOC(=O)CC(C)=O)CC(C)(C)C. The molecule has 0 saturated heterocycles. The van der Waals surface area contributed by atoms with Gasteiger partial charge in [-0.15, -0.1) is 0 Å². The minimum absolute atomic E-state index is 0.0244. The Hall–Kier alpha value is -1.65. The first kappa shape index (κ1) is 19.4. The standard InChI is InChI=1S/C16H26O5/c1-11(2)15(19)21-13(10-16(4,5)6)7-8-20-14(18)9-12(3)17/h13H,1,7-10H2,2-6H3. The summed E-state index contributed by atoms with van der Waals surface area (Å²) in [5.74, 6) is -1.23. The highest BCUT2D eigenvalue weighted by atomic mass is 16.6. The summed E-state index contributed by atoms with van der Waals surface area (Å²) in [6, 6.07) is 0. The maximum absolute atomic E-state index is 11.6. The largest absolute Gasteiger partial charge is 0.465 e. The summed E-state index contributed by atoms with van der Waals surface area (Å²) < 4.78 is 10.3. The molecule has 1 atom stereocenters. The third-order valence-corrected chi connectivity index (χ3v) is 2.56. The van der Waals surface area contributed by atoms with Crippen molar-refractivity contribution in [2.24, 2.45) is 5.41 Å². The van der Waals surface area contributed by atoms with E-state index in [9.17, 15) is 14.4 Å². The Bertz CT molecular complexity index is 403. The highest BCUT2D eigenvalue weighted by Crippen LogP contribution is 2.24. The van der Waals surface area contributed by atoms with Gasteiger partial charge in [-0.2, -0.15) is 0 Å². The van der Waals surface area contributed by atoms with Crippen LogP contribution in [0.2, 0.25) is 0 Å². The van der Waals surface area contributed by atoms with Crippen molar-refractivity contribution in [2.45, 2.75) is 60.0 Å². The van der Waals surface area contributed by atoms with E-state index < -0.39 is 11.9 Å². The first-order valence-electron chi connectivity index (χ1n) is 7.03. The molecule has 0 aromatic carbocycles. The molecular weight excluding hydrogens is 272 g/mol. The summed E-state index contributed by atoms with van der Waals surface area (Å²) in [5, 5.41) is 0. The van der Waals surface area contributed by atoms with Gasteiger partial charge < -0.3 is 9.47 Å². The van der Waals surface area contributed by atoms with Crippen LogP contribution in [0.4, 0.5) is 0 Å². The van der Waals surface area contributed by atoms with E-state index in [1.165, 1.54) is 6.92 Å². The van der Waals surface area contributed by atoms with Crippen LogP contribution in [0.25, 0.3) is 0 Å². The van der Waals surface area contributed by atoms with Crippen LogP contribution in [0.1, 0.15) is 53.9 Å². The van der Waals surface area contributed by atoms with Crippen LogP contribution in [0.3, 0.4) is 0 Å². The van der Waals surface area contributed by atoms with Gasteiger partial charge in [-0.25, -0.2) is 4.79 Å². The Morgan fingerprint density at radius 1 is 1.14 bits per heavy atom. The van der Waals surface area contributed by atoms with Gasteiger partial charge in [-0.1, -0.05) is 27.4 Å². The van der Waals surface area contributed by atoms with Crippen molar-refractivity contribution in [3.05, 3.63) is 12.2 Å². The van der Waals surface area contributed by atoms with Gasteiger partial charge in [-0.05, 0) is 25.7 Å². The lowest BCUT2D eigenvalue weighted by molar-refractivity contribution is -0.149. The van der Waals surface area contributed by atoms with Gasteiger partial charge in [0.1, 0.15) is 18.3 Å². The number of Topliss-reactive ketones (excluding diaryl/α,β-unsaturated/α-hetero) is 1. The van der Waals surface area contributed by atoms with Gasteiger partial charge in [0.15, 0.2) is 0 Å². The van der Waals surface area contributed by atoms with Gasteiger partial charge in [0, 0.05) is 12.0 Å². The van der Waals surface area contributed by atoms with Crippen molar-refractivity contribution in [2.75, 3.05) is 6.61 Å². The van der Waals surface area contributed by atoms with Crippen molar-refractivity contribution < 1.29 is 23.9 Å². The number of hydrogen-bond donors (Lipinski definition) is 0. The monoisotopic (exact) mass is 298 g/mol. The minimum Gasteiger partial charge on any atom is -0.465 e. The molecule has 1 unspecified atom stereocenters. The molecule has 5 nitrogen and oxygen atoms in total. The molecular formula is C16H26O5. The average molecular weight is 298 g/mol. The van der Waals surface area contributed by atoms with E-state index in [0.29, 0.717) is 18.4 Å². The fraction of sp³-hybridized carbons (Fsp3) is 0.688. The predicted molar refractivity (Wildman–Crippen MR) is 79.6 cm³/mol. The van der Waals surface area contributed by atoms with Crippen LogP contribution in [0, 0.1) is 5.41 Å². The summed E-state index contributed by atoms with van der Waals surface area (Å²) in [5.41, 5.74) is 0.311. The Morgan fingerprint density at radius 3 is 2.14 bits per heavy atom. The molecule has 0 aliphatic carbocycles. The van der Waals surface area contributed by atoms with Crippen LogP contribution >= 0.6 is 0 Å². The van der Waals surface area contributed by atoms with Crippen LogP contribution in [0.5, 0.6) is 0 Å². The van der Waals surface area contributed by atoms with E-state index in [4.69, 9.17) is 9.47 Å². The van der Waals surface area contributed by atoms with Crippen molar-refractivity contribution in [1.29, 1.82) is 0 Å². The first-order chi connectivity index (χ1) is 9.51. The molecule has 0 rings (SSSR count). The second kappa shape index (κ2) is 8.60. The number of carbonyl (C=O) groups is 3. The average Bonchev–Trinajstić information content (AvgIpc) is 2.25. The molecule has 0 saturated carbocycles. The van der Waals surface area contributed by atoms with Gasteiger partial charge in [0.05, 0.1) is 6.61 Å². The van der Waals surface area contributed by atoms with Gasteiger partial charge in [-0.3, -0.25) is 9.59 Å². The molecule has 0 aromatic heterocycles. The summed E-state index contributed by atoms with van der Waals surface area (Å²) >= 11 is 0. The molecule has 0 fully saturated rings. The first-order valence-corrected chi connectivity index (χ1v) is 7.03. The third-order valence-electron chi connectivity index (χ3n) is 2.56. The molecule has 0 heterocycles. The number of rotatable bonds is 8. The van der Waals surface area contributed by atoms with Crippen molar-refractivity contribution in [3.63, 3.8) is 0 Å².